The van der Waals surface area contributed by atoms with Gasteiger partial charge in [-0.25, -0.2) is 12.8 Å². The maximum atomic E-state index is 14.6. The van der Waals surface area contributed by atoms with E-state index in [1.54, 1.807) is 18.2 Å². The second kappa shape index (κ2) is 12.0. The number of anilines is 1. The van der Waals surface area contributed by atoms with Gasteiger partial charge in [-0.05, 0) is 23.8 Å². The Morgan fingerprint density at radius 1 is 0.972 bits per heavy atom. The van der Waals surface area contributed by atoms with Crippen molar-refractivity contribution in [2.45, 2.75) is 19.0 Å². The number of carbonyl (C=O) groups is 2. The number of nitrogens with zero attached hydrogens (tertiary/aromatic N) is 2. The van der Waals surface area contributed by atoms with Gasteiger partial charge in [-0.1, -0.05) is 72.3 Å². The van der Waals surface area contributed by atoms with Crippen molar-refractivity contribution < 1.29 is 22.4 Å². The van der Waals surface area contributed by atoms with Crippen molar-refractivity contribution in [1.82, 2.24) is 10.2 Å². The predicted octanol–water partition coefficient (Wildman–Crippen LogP) is 3.63. The summed E-state index contributed by atoms with van der Waals surface area (Å²) in [4.78, 5) is 27.9. The van der Waals surface area contributed by atoms with Gasteiger partial charge in [0.1, 0.15) is 18.4 Å². The van der Waals surface area contributed by atoms with Crippen molar-refractivity contribution in [1.29, 1.82) is 0 Å². The molecule has 0 aliphatic carbocycles. The summed E-state index contributed by atoms with van der Waals surface area (Å²) in [6.45, 7) is -0.865. The first-order valence-corrected chi connectivity index (χ1v) is 13.3. The molecule has 1 N–H and O–H groups in total. The molecule has 36 heavy (non-hydrogen) atoms. The Bertz CT molecular complexity index is 1320. The fourth-order valence-corrected chi connectivity index (χ4v) is 4.93. The van der Waals surface area contributed by atoms with Crippen LogP contribution < -0.4 is 9.62 Å². The van der Waals surface area contributed by atoms with Crippen molar-refractivity contribution >= 4 is 39.1 Å². The highest BCUT2D eigenvalue weighted by Crippen LogP contribution is 2.27. The summed E-state index contributed by atoms with van der Waals surface area (Å²) in [5.74, 6) is -1.70. The normalized spacial score (nSPS) is 12.0. The smallest absolute Gasteiger partial charge is 0.244 e. The van der Waals surface area contributed by atoms with Gasteiger partial charge in [0.2, 0.25) is 21.8 Å². The third-order valence-electron chi connectivity index (χ3n) is 5.62. The molecule has 0 aliphatic rings. The van der Waals surface area contributed by atoms with E-state index in [1.807, 2.05) is 30.3 Å². The van der Waals surface area contributed by atoms with Gasteiger partial charge in [0, 0.05) is 25.6 Å². The molecular formula is C26H27ClFN3O4S. The molecule has 0 fully saturated rings. The van der Waals surface area contributed by atoms with Crippen molar-refractivity contribution in [2.24, 2.45) is 0 Å². The Morgan fingerprint density at radius 2 is 1.58 bits per heavy atom. The zero-order chi connectivity index (χ0) is 26.3. The van der Waals surface area contributed by atoms with Gasteiger partial charge >= 0.3 is 0 Å². The second-order valence-electron chi connectivity index (χ2n) is 8.15. The molecule has 0 heterocycles. The average Bonchev–Trinajstić information content (AvgIpc) is 2.85. The molecule has 0 saturated carbocycles. The summed E-state index contributed by atoms with van der Waals surface area (Å²) in [5.41, 5.74) is 1.10. The molecule has 3 rings (SSSR count). The van der Waals surface area contributed by atoms with E-state index in [-0.39, 0.29) is 29.2 Å². The number of nitrogens with one attached hydrogen (secondary N) is 1. The number of rotatable bonds is 10. The van der Waals surface area contributed by atoms with Crippen LogP contribution in [0.15, 0.2) is 78.9 Å². The minimum Gasteiger partial charge on any atom is -0.357 e. The van der Waals surface area contributed by atoms with Crippen LogP contribution >= 0.6 is 11.6 Å². The number of hydrogen-bond acceptors (Lipinski definition) is 4. The quantitative estimate of drug-likeness (QED) is 0.433. The van der Waals surface area contributed by atoms with E-state index in [0.29, 0.717) is 0 Å². The van der Waals surface area contributed by atoms with Crippen molar-refractivity contribution in [3.05, 3.63) is 101 Å². The molecule has 190 valence electrons. The summed E-state index contributed by atoms with van der Waals surface area (Å²) in [5, 5.41) is 2.71. The predicted molar refractivity (Wildman–Crippen MR) is 139 cm³/mol. The molecule has 10 heteroatoms. The Balaban J connectivity index is 2.05. The van der Waals surface area contributed by atoms with Crippen LogP contribution in [0.4, 0.5) is 10.1 Å². The van der Waals surface area contributed by atoms with E-state index in [4.69, 9.17) is 11.6 Å². The number of likely N-dealkylation sites (N-methyl/N-ethyl adjacent to an activating group) is 1. The Kier molecular flexibility index (Phi) is 9.06. The summed E-state index contributed by atoms with van der Waals surface area (Å²) in [6.07, 6.45) is 1.11. The van der Waals surface area contributed by atoms with Crippen LogP contribution in [0.2, 0.25) is 5.02 Å². The lowest BCUT2D eigenvalue weighted by atomic mass is 10.0. The third kappa shape index (κ3) is 6.83. The van der Waals surface area contributed by atoms with E-state index in [9.17, 15) is 22.4 Å². The maximum Gasteiger partial charge on any atom is 0.244 e. The summed E-state index contributed by atoms with van der Waals surface area (Å²) < 4.78 is 40.8. The largest absolute Gasteiger partial charge is 0.357 e. The minimum atomic E-state index is -3.93. The number of sulfonamides is 1. The van der Waals surface area contributed by atoms with Gasteiger partial charge in [-0.2, -0.15) is 0 Å². The molecule has 0 saturated heterocycles. The molecule has 0 radical (unpaired) electrons. The van der Waals surface area contributed by atoms with Crippen LogP contribution in [-0.4, -0.2) is 51.0 Å². The Labute approximate surface area is 215 Å². The van der Waals surface area contributed by atoms with E-state index in [1.165, 1.54) is 42.3 Å². The summed E-state index contributed by atoms with van der Waals surface area (Å²) >= 11 is 6.24. The highest BCUT2D eigenvalue weighted by Gasteiger charge is 2.33. The van der Waals surface area contributed by atoms with Gasteiger partial charge in [0.05, 0.1) is 17.0 Å². The topological polar surface area (TPSA) is 86.8 Å². The van der Waals surface area contributed by atoms with Gasteiger partial charge in [-0.3, -0.25) is 13.9 Å². The van der Waals surface area contributed by atoms with Crippen LogP contribution in [0.1, 0.15) is 11.1 Å². The summed E-state index contributed by atoms with van der Waals surface area (Å²) in [7, 11) is -2.49. The maximum absolute atomic E-state index is 14.6. The molecule has 1 atom stereocenters. The van der Waals surface area contributed by atoms with Crippen LogP contribution in [0.5, 0.6) is 0 Å². The van der Waals surface area contributed by atoms with E-state index < -0.39 is 40.2 Å². The lowest BCUT2D eigenvalue weighted by Gasteiger charge is -2.33. The lowest BCUT2D eigenvalue weighted by Crippen LogP contribution is -2.53. The zero-order valence-corrected chi connectivity index (χ0v) is 21.5. The molecule has 0 aliphatic heterocycles. The van der Waals surface area contributed by atoms with E-state index >= 15 is 0 Å². The molecule has 3 aromatic carbocycles. The molecule has 0 spiro atoms. The van der Waals surface area contributed by atoms with Crippen LogP contribution in [0.3, 0.4) is 0 Å². The highest BCUT2D eigenvalue weighted by molar-refractivity contribution is 7.92. The number of benzene rings is 3. The first kappa shape index (κ1) is 27.2. The minimum absolute atomic E-state index is 0.125. The molecule has 0 aromatic heterocycles. The fourth-order valence-electron chi connectivity index (χ4n) is 3.78. The number of para-hydroxylation sites is 1. The molecular weight excluding hydrogens is 505 g/mol. The molecule has 2 amide bonds. The van der Waals surface area contributed by atoms with Crippen molar-refractivity contribution in [3.63, 3.8) is 0 Å². The number of halogens is 2. The monoisotopic (exact) mass is 531 g/mol. The van der Waals surface area contributed by atoms with Crippen molar-refractivity contribution in [2.75, 3.05) is 24.2 Å². The van der Waals surface area contributed by atoms with Gasteiger partial charge in [0.15, 0.2) is 0 Å². The van der Waals surface area contributed by atoms with Gasteiger partial charge in [-0.15, -0.1) is 0 Å². The molecule has 0 bridgehead atoms. The zero-order valence-electron chi connectivity index (χ0n) is 19.9. The van der Waals surface area contributed by atoms with E-state index in [2.05, 4.69) is 5.32 Å². The van der Waals surface area contributed by atoms with Crippen LogP contribution in [0.25, 0.3) is 0 Å². The fraction of sp³-hybridized carbons (Fsp3) is 0.231. The van der Waals surface area contributed by atoms with E-state index in [0.717, 1.165) is 16.1 Å². The Morgan fingerprint density at radius 3 is 2.19 bits per heavy atom. The molecule has 7 nitrogen and oxygen atoms in total. The number of hydrogen-bond donors (Lipinski definition) is 1. The standard InChI is InChI=1S/C26H27ClFN3O4S/c1-29-26(33)24(16-19-10-4-3-5-11-19)30(17-20-12-6-8-14-22(20)28)25(32)18-31(36(2,34)35)23-15-9-7-13-21(23)27/h3-15,24H,16-18H2,1-2H3,(H,29,33)/t24-/m0/s1. The van der Waals surface area contributed by atoms with Gasteiger partial charge < -0.3 is 10.2 Å². The van der Waals surface area contributed by atoms with Crippen LogP contribution in [0, 0.1) is 5.82 Å². The van der Waals surface area contributed by atoms with Crippen LogP contribution in [-0.2, 0) is 32.6 Å². The highest BCUT2D eigenvalue weighted by atomic mass is 35.5. The first-order chi connectivity index (χ1) is 17.1. The average molecular weight is 532 g/mol. The summed E-state index contributed by atoms with van der Waals surface area (Å²) in [6, 6.07) is 20.2. The van der Waals surface area contributed by atoms with Crippen molar-refractivity contribution in [3.8, 4) is 0 Å². The SMILES string of the molecule is CNC(=O)[C@H](Cc1ccccc1)N(Cc1ccccc1F)C(=O)CN(c1ccccc1Cl)S(C)(=O)=O. The molecule has 3 aromatic rings. The van der Waals surface area contributed by atoms with Gasteiger partial charge in [0.25, 0.3) is 0 Å². The first-order valence-electron chi connectivity index (χ1n) is 11.1. The Hall–Kier alpha value is -3.43. The lowest BCUT2D eigenvalue weighted by molar-refractivity contribution is -0.139. The third-order valence-corrected chi connectivity index (χ3v) is 7.06. The number of carbonyl (C=O) groups excluding carboxylic acids is 2. The molecule has 0 unspecified atom stereocenters. The number of amides is 2. The second-order valence-corrected chi connectivity index (χ2v) is 10.5.